The van der Waals surface area contributed by atoms with Crippen molar-refractivity contribution in [1.29, 1.82) is 0 Å². The van der Waals surface area contributed by atoms with E-state index >= 15 is 0 Å². The van der Waals surface area contributed by atoms with Crippen LogP contribution >= 0.6 is 0 Å². The zero-order valence-electron chi connectivity index (χ0n) is 14.0. The van der Waals surface area contributed by atoms with Gasteiger partial charge in [-0.3, -0.25) is 4.99 Å². The Balaban J connectivity index is 1.78. The molecule has 0 aliphatic carbocycles. The van der Waals surface area contributed by atoms with E-state index in [1.54, 1.807) is 25.5 Å². The SMILES string of the molecule is COc1cc(N2CCOCC2)ccc1C=Nc1ccc(C(=O)O)cc1. The number of aliphatic imine (C=N–C) groups is 1. The van der Waals surface area contributed by atoms with E-state index in [1.807, 2.05) is 18.2 Å². The second-order valence-corrected chi connectivity index (χ2v) is 5.64. The van der Waals surface area contributed by atoms with Crippen LogP contribution < -0.4 is 9.64 Å². The Kier molecular flexibility index (Phi) is 5.30. The molecule has 1 aliphatic heterocycles. The molecule has 25 heavy (non-hydrogen) atoms. The van der Waals surface area contributed by atoms with Crippen LogP contribution in [-0.2, 0) is 4.74 Å². The first-order chi connectivity index (χ1) is 12.2. The molecule has 1 saturated heterocycles. The van der Waals surface area contributed by atoms with Crippen molar-refractivity contribution in [3.05, 3.63) is 53.6 Å². The third kappa shape index (κ3) is 4.16. The van der Waals surface area contributed by atoms with Crippen LogP contribution in [0.15, 0.2) is 47.5 Å². The molecule has 1 aliphatic rings. The molecule has 1 heterocycles. The minimum absolute atomic E-state index is 0.242. The Labute approximate surface area is 146 Å². The highest BCUT2D eigenvalue weighted by atomic mass is 16.5. The quantitative estimate of drug-likeness (QED) is 0.847. The summed E-state index contributed by atoms with van der Waals surface area (Å²) in [6, 6.07) is 12.4. The number of morpholine rings is 1. The highest BCUT2D eigenvalue weighted by Crippen LogP contribution is 2.26. The molecule has 1 N–H and O–H groups in total. The van der Waals surface area contributed by atoms with E-state index in [1.165, 1.54) is 12.1 Å². The van der Waals surface area contributed by atoms with Gasteiger partial charge < -0.3 is 19.5 Å². The third-order valence-corrected chi connectivity index (χ3v) is 4.06. The van der Waals surface area contributed by atoms with Crippen molar-refractivity contribution in [3.63, 3.8) is 0 Å². The summed E-state index contributed by atoms with van der Waals surface area (Å²) in [5, 5.41) is 8.92. The smallest absolute Gasteiger partial charge is 0.335 e. The number of carboxylic acid groups (broad SMARTS) is 1. The lowest BCUT2D eigenvalue weighted by molar-refractivity contribution is 0.0697. The van der Waals surface area contributed by atoms with Crippen molar-refractivity contribution in [3.8, 4) is 5.75 Å². The summed E-state index contributed by atoms with van der Waals surface area (Å²) in [6.45, 7) is 3.20. The number of nitrogens with zero attached hydrogens (tertiary/aromatic N) is 2. The largest absolute Gasteiger partial charge is 0.496 e. The normalized spacial score (nSPS) is 14.7. The van der Waals surface area contributed by atoms with Crippen LogP contribution in [0.4, 0.5) is 11.4 Å². The number of carboxylic acids is 1. The molecular weight excluding hydrogens is 320 g/mol. The van der Waals surface area contributed by atoms with E-state index in [-0.39, 0.29) is 5.56 Å². The van der Waals surface area contributed by atoms with Gasteiger partial charge in [-0.15, -0.1) is 0 Å². The van der Waals surface area contributed by atoms with E-state index < -0.39 is 5.97 Å². The highest BCUT2D eigenvalue weighted by Gasteiger charge is 2.13. The van der Waals surface area contributed by atoms with Gasteiger partial charge in [0.15, 0.2) is 0 Å². The zero-order chi connectivity index (χ0) is 17.6. The molecule has 0 aromatic heterocycles. The van der Waals surface area contributed by atoms with Gasteiger partial charge in [-0.05, 0) is 36.4 Å². The van der Waals surface area contributed by atoms with E-state index in [2.05, 4.69) is 9.89 Å². The fourth-order valence-corrected chi connectivity index (χ4v) is 2.66. The van der Waals surface area contributed by atoms with Crippen LogP contribution in [0.25, 0.3) is 0 Å². The molecule has 0 unspecified atom stereocenters. The van der Waals surface area contributed by atoms with Gasteiger partial charge in [-0.2, -0.15) is 0 Å². The van der Waals surface area contributed by atoms with Gasteiger partial charge in [0.05, 0.1) is 31.6 Å². The summed E-state index contributed by atoms with van der Waals surface area (Å²) < 4.78 is 10.9. The first kappa shape index (κ1) is 17.0. The fourth-order valence-electron chi connectivity index (χ4n) is 2.66. The Hall–Kier alpha value is -2.86. The van der Waals surface area contributed by atoms with Crippen molar-refractivity contribution in [2.24, 2.45) is 4.99 Å². The lowest BCUT2D eigenvalue weighted by Crippen LogP contribution is -2.36. The molecule has 0 saturated carbocycles. The van der Waals surface area contributed by atoms with E-state index in [9.17, 15) is 4.79 Å². The van der Waals surface area contributed by atoms with Gasteiger partial charge in [-0.1, -0.05) is 0 Å². The van der Waals surface area contributed by atoms with Crippen LogP contribution in [0.1, 0.15) is 15.9 Å². The average Bonchev–Trinajstić information content (AvgIpc) is 2.67. The summed E-state index contributed by atoms with van der Waals surface area (Å²) in [6.07, 6.45) is 1.72. The number of methoxy groups -OCH3 is 1. The lowest BCUT2D eigenvalue weighted by Gasteiger charge is -2.29. The van der Waals surface area contributed by atoms with Crippen LogP contribution in [0.5, 0.6) is 5.75 Å². The summed E-state index contributed by atoms with van der Waals surface area (Å²) in [7, 11) is 1.64. The predicted molar refractivity (Wildman–Crippen MR) is 96.7 cm³/mol. The number of benzene rings is 2. The maximum Gasteiger partial charge on any atom is 0.335 e. The van der Waals surface area contributed by atoms with Crippen LogP contribution in [0, 0.1) is 0 Å². The second-order valence-electron chi connectivity index (χ2n) is 5.64. The molecule has 0 radical (unpaired) electrons. The third-order valence-electron chi connectivity index (χ3n) is 4.06. The Bertz CT molecular complexity index is 765. The highest BCUT2D eigenvalue weighted by molar-refractivity contribution is 5.89. The molecule has 0 amide bonds. The molecule has 6 heteroatoms. The van der Waals surface area contributed by atoms with E-state index in [4.69, 9.17) is 14.6 Å². The monoisotopic (exact) mass is 340 g/mol. The number of hydrogen-bond acceptors (Lipinski definition) is 5. The first-order valence-electron chi connectivity index (χ1n) is 8.05. The maximum absolute atomic E-state index is 10.9. The molecule has 0 bridgehead atoms. The maximum atomic E-state index is 10.9. The summed E-state index contributed by atoms with van der Waals surface area (Å²) in [4.78, 5) is 17.5. The molecule has 0 atom stereocenters. The second kappa shape index (κ2) is 7.81. The van der Waals surface area contributed by atoms with Gasteiger partial charge in [-0.25, -0.2) is 4.79 Å². The number of rotatable bonds is 5. The van der Waals surface area contributed by atoms with Gasteiger partial charge in [0.1, 0.15) is 5.75 Å². The molecule has 0 spiro atoms. The number of carbonyl (C=O) groups is 1. The Morgan fingerprint density at radius 2 is 1.92 bits per heavy atom. The Morgan fingerprint density at radius 1 is 1.20 bits per heavy atom. The minimum Gasteiger partial charge on any atom is -0.496 e. The molecule has 2 aromatic rings. The predicted octanol–water partition coefficient (Wildman–Crippen LogP) is 2.98. The molecule has 1 fully saturated rings. The molecule has 2 aromatic carbocycles. The van der Waals surface area contributed by atoms with Crippen LogP contribution in [0.3, 0.4) is 0 Å². The van der Waals surface area contributed by atoms with Gasteiger partial charge in [0.25, 0.3) is 0 Å². The molecule has 3 rings (SSSR count). The van der Waals surface area contributed by atoms with Crippen molar-refractivity contribution < 1.29 is 19.4 Å². The lowest BCUT2D eigenvalue weighted by atomic mass is 10.1. The van der Waals surface area contributed by atoms with E-state index in [0.717, 1.165) is 43.3 Å². The van der Waals surface area contributed by atoms with Crippen molar-refractivity contribution in [2.45, 2.75) is 0 Å². The fraction of sp³-hybridized carbons (Fsp3) is 0.263. The summed E-state index contributed by atoms with van der Waals surface area (Å²) >= 11 is 0. The topological polar surface area (TPSA) is 71.4 Å². The van der Waals surface area contributed by atoms with Crippen LogP contribution in [0.2, 0.25) is 0 Å². The average molecular weight is 340 g/mol. The summed E-state index contributed by atoms with van der Waals surface area (Å²) in [5.41, 5.74) is 2.89. The molecular formula is C19H20N2O4. The van der Waals surface area contributed by atoms with Crippen LogP contribution in [-0.4, -0.2) is 50.7 Å². The standard InChI is InChI=1S/C19H20N2O4/c1-24-18-12-17(21-8-10-25-11-9-21)7-4-15(18)13-20-16-5-2-14(3-6-16)19(22)23/h2-7,12-13H,8-11H2,1H3,(H,22,23). The van der Waals surface area contributed by atoms with E-state index in [0.29, 0.717) is 5.69 Å². The van der Waals surface area contributed by atoms with Gasteiger partial charge in [0.2, 0.25) is 0 Å². The number of hydrogen-bond donors (Lipinski definition) is 1. The van der Waals surface area contributed by atoms with Crippen molar-refractivity contribution in [1.82, 2.24) is 0 Å². The summed E-state index contributed by atoms with van der Waals surface area (Å²) in [5.74, 6) is -0.203. The first-order valence-corrected chi connectivity index (χ1v) is 8.05. The van der Waals surface area contributed by atoms with Gasteiger partial charge >= 0.3 is 5.97 Å². The number of anilines is 1. The Morgan fingerprint density at radius 3 is 2.56 bits per heavy atom. The molecule has 130 valence electrons. The number of aromatic carboxylic acids is 1. The van der Waals surface area contributed by atoms with Crippen molar-refractivity contribution >= 4 is 23.6 Å². The number of ether oxygens (including phenoxy) is 2. The minimum atomic E-state index is -0.948. The van der Waals surface area contributed by atoms with Crippen molar-refractivity contribution in [2.75, 3.05) is 38.3 Å². The van der Waals surface area contributed by atoms with Gasteiger partial charge in [0, 0.05) is 36.6 Å². The zero-order valence-corrected chi connectivity index (χ0v) is 14.0. The molecule has 6 nitrogen and oxygen atoms in total.